The van der Waals surface area contributed by atoms with Crippen molar-refractivity contribution in [3.05, 3.63) is 51.9 Å². The van der Waals surface area contributed by atoms with E-state index in [4.69, 9.17) is 0 Å². The van der Waals surface area contributed by atoms with E-state index in [0.717, 1.165) is 36.0 Å². The standard InChI is InChI=1S/C23H27N3O4S/c1-16-7-9-17(10-8-16)18-14-31-22-21(18)23(29)26(15-25-22)13-11-19(27)24-12-5-3-4-6-20(28)30-2/h7-10,14-15H,3-6,11-13H2,1-2H3,(H,24,27). The van der Waals surface area contributed by atoms with Crippen LogP contribution in [0.4, 0.5) is 0 Å². The van der Waals surface area contributed by atoms with Gasteiger partial charge >= 0.3 is 5.97 Å². The average molecular weight is 442 g/mol. The third-order valence-corrected chi connectivity index (χ3v) is 6.00. The van der Waals surface area contributed by atoms with Gasteiger partial charge in [-0.05, 0) is 25.3 Å². The number of esters is 1. The monoisotopic (exact) mass is 441 g/mol. The van der Waals surface area contributed by atoms with Crippen molar-refractivity contribution in [1.29, 1.82) is 0 Å². The number of carbonyl (C=O) groups is 2. The smallest absolute Gasteiger partial charge is 0.305 e. The molecule has 0 atom stereocenters. The summed E-state index contributed by atoms with van der Waals surface area (Å²) in [6.07, 6.45) is 4.50. The first-order valence-electron chi connectivity index (χ1n) is 10.4. The van der Waals surface area contributed by atoms with Crippen LogP contribution in [0.25, 0.3) is 21.3 Å². The Morgan fingerprint density at radius 3 is 2.65 bits per heavy atom. The number of aryl methyl sites for hydroxylation is 2. The molecule has 0 unspecified atom stereocenters. The van der Waals surface area contributed by atoms with Crippen molar-refractivity contribution in [2.45, 2.75) is 45.6 Å². The van der Waals surface area contributed by atoms with Gasteiger partial charge in [-0.25, -0.2) is 4.98 Å². The topological polar surface area (TPSA) is 90.3 Å². The molecule has 164 valence electrons. The molecule has 3 aromatic rings. The van der Waals surface area contributed by atoms with Gasteiger partial charge in [-0.3, -0.25) is 19.0 Å². The molecule has 2 aromatic heterocycles. The number of rotatable bonds is 10. The molecule has 31 heavy (non-hydrogen) atoms. The molecule has 0 fully saturated rings. The van der Waals surface area contributed by atoms with Gasteiger partial charge in [-0.2, -0.15) is 0 Å². The number of nitrogens with one attached hydrogen (secondary N) is 1. The zero-order valence-corrected chi connectivity index (χ0v) is 18.7. The normalized spacial score (nSPS) is 10.9. The van der Waals surface area contributed by atoms with Crippen molar-refractivity contribution in [1.82, 2.24) is 14.9 Å². The number of carbonyl (C=O) groups excluding carboxylic acids is 2. The second-order valence-electron chi connectivity index (χ2n) is 7.43. The molecule has 0 aliphatic rings. The molecule has 0 spiro atoms. The molecule has 1 aromatic carbocycles. The molecule has 2 heterocycles. The maximum absolute atomic E-state index is 13.0. The number of hydrogen-bond donors (Lipinski definition) is 1. The molecule has 7 nitrogen and oxygen atoms in total. The highest BCUT2D eigenvalue weighted by Gasteiger charge is 2.14. The number of hydrogen-bond acceptors (Lipinski definition) is 6. The number of methoxy groups -OCH3 is 1. The summed E-state index contributed by atoms with van der Waals surface area (Å²) in [5.41, 5.74) is 2.90. The van der Waals surface area contributed by atoms with Gasteiger partial charge in [0.25, 0.3) is 5.56 Å². The molecule has 0 saturated carbocycles. The second-order valence-corrected chi connectivity index (χ2v) is 8.28. The number of amides is 1. The molecule has 1 N–H and O–H groups in total. The Hall–Kier alpha value is -3.00. The number of fused-ring (bicyclic) bond motifs is 1. The number of nitrogens with zero attached hydrogens (tertiary/aromatic N) is 2. The number of aromatic nitrogens is 2. The molecule has 0 saturated heterocycles. The fourth-order valence-corrected chi connectivity index (χ4v) is 4.19. The molecule has 0 bridgehead atoms. The quantitative estimate of drug-likeness (QED) is 0.383. The Labute approximate surface area is 185 Å². The zero-order chi connectivity index (χ0) is 22.2. The Balaban J connectivity index is 1.56. The Morgan fingerprint density at radius 2 is 1.90 bits per heavy atom. The second kappa shape index (κ2) is 10.9. The van der Waals surface area contributed by atoms with Crippen molar-refractivity contribution in [2.24, 2.45) is 0 Å². The van der Waals surface area contributed by atoms with Gasteiger partial charge in [0.1, 0.15) is 4.83 Å². The third-order valence-electron chi connectivity index (χ3n) is 5.11. The largest absolute Gasteiger partial charge is 0.469 e. The van der Waals surface area contributed by atoms with Gasteiger partial charge in [0.15, 0.2) is 0 Å². The minimum Gasteiger partial charge on any atom is -0.469 e. The molecule has 8 heteroatoms. The van der Waals surface area contributed by atoms with Crippen LogP contribution in [0.1, 0.15) is 37.7 Å². The summed E-state index contributed by atoms with van der Waals surface area (Å²) in [4.78, 5) is 41.3. The first-order chi connectivity index (χ1) is 15.0. The SMILES string of the molecule is COC(=O)CCCCCNC(=O)CCn1cnc2scc(-c3ccc(C)cc3)c2c1=O. The highest BCUT2D eigenvalue weighted by molar-refractivity contribution is 7.17. The van der Waals surface area contributed by atoms with Crippen LogP contribution in [-0.4, -0.2) is 35.1 Å². The van der Waals surface area contributed by atoms with Crippen LogP contribution in [-0.2, 0) is 20.9 Å². The van der Waals surface area contributed by atoms with Gasteiger partial charge in [0.05, 0.1) is 18.8 Å². The van der Waals surface area contributed by atoms with E-state index in [0.29, 0.717) is 23.2 Å². The average Bonchev–Trinajstić information content (AvgIpc) is 3.21. The van der Waals surface area contributed by atoms with E-state index in [1.54, 1.807) is 0 Å². The predicted octanol–water partition coefficient (Wildman–Crippen LogP) is 3.67. The van der Waals surface area contributed by atoms with E-state index in [-0.39, 0.29) is 30.4 Å². The van der Waals surface area contributed by atoms with Crippen molar-refractivity contribution < 1.29 is 14.3 Å². The number of ether oxygens (including phenoxy) is 1. The maximum atomic E-state index is 13.0. The minimum absolute atomic E-state index is 0.107. The van der Waals surface area contributed by atoms with Gasteiger partial charge in [0, 0.05) is 36.9 Å². The predicted molar refractivity (Wildman–Crippen MR) is 122 cm³/mol. The van der Waals surface area contributed by atoms with Crippen LogP contribution in [0, 0.1) is 6.92 Å². The van der Waals surface area contributed by atoms with Gasteiger partial charge in [-0.1, -0.05) is 36.2 Å². The van der Waals surface area contributed by atoms with Crippen molar-refractivity contribution in [3.8, 4) is 11.1 Å². The maximum Gasteiger partial charge on any atom is 0.305 e. The third kappa shape index (κ3) is 6.01. The van der Waals surface area contributed by atoms with Gasteiger partial charge in [-0.15, -0.1) is 11.3 Å². The Kier molecular flexibility index (Phi) is 7.94. The lowest BCUT2D eigenvalue weighted by Crippen LogP contribution is -2.28. The first-order valence-corrected chi connectivity index (χ1v) is 11.2. The lowest BCUT2D eigenvalue weighted by Gasteiger charge is -2.08. The molecule has 0 aliphatic carbocycles. The van der Waals surface area contributed by atoms with Crippen molar-refractivity contribution in [3.63, 3.8) is 0 Å². The fraction of sp³-hybridized carbons (Fsp3) is 0.391. The summed E-state index contributed by atoms with van der Waals surface area (Å²) in [6.45, 7) is 2.85. The molecule has 3 rings (SSSR count). The summed E-state index contributed by atoms with van der Waals surface area (Å²) < 4.78 is 6.10. The Morgan fingerprint density at radius 1 is 1.13 bits per heavy atom. The van der Waals surface area contributed by atoms with Crippen LogP contribution in [0.5, 0.6) is 0 Å². The molecule has 0 aliphatic heterocycles. The van der Waals surface area contributed by atoms with Crippen molar-refractivity contribution >= 4 is 33.4 Å². The molecular weight excluding hydrogens is 414 g/mol. The number of unbranched alkanes of at least 4 members (excludes halogenated alkanes) is 2. The Bertz CT molecular complexity index is 1100. The van der Waals surface area contributed by atoms with Gasteiger partial charge in [0.2, 0.25) is 5.91 Å². The summed E-state index contributed by atoms with van der Waals surface area (Å²) in [7, 11) is 1.38. The minimum atomic E-state index is -0.212. The lowest BCUT2D eigenvalue weighted by atomic mass is 10.1. The van der Waals surface area contributed by atoms with E-state index in [1.165, 1.54) is 29.3 Å². The van der Waals surface area contributed by atoms with Crippen LogP contribution in [0.3, 0.4) is 0 Å². The van der Waals surface area contributed by atoms with Crippen LogP contribution < -0.4 is 10.9 Å². The zero-order valence-electron chi connectivity index (χ0n) is 17.8. The van der Waals surface area contributed by atoms with E-state index < -0.39 is 0 Å². The first kappa shape index (κ1) is 22.7. The van der Waals surface area contributed by atoms with E-state index in [1.807, 2.05) is 36.6 Å². The van der Waals surface area contributed by atoms with E-state index in [9.17, 15) is 14.4 Å². The molecule has 0 radical (unpaired) electrons. The van der Waals surface area contributed by atoms with Gasteiger partial charge < -0.3 is 10.1 Å². The lowest BCUT2D eigenvalue weighted by molar-refractivity contribution is -0.140. The molecule has 1 amide bonds. The summed E-state index contributed by atoms with van der Waals surface area (Å²) in [5, 5.41) is 5.42. The number of benzene rings is 1. The van der Waals surface area contributed by atoms with Crippen molar-refractivity contribution in [2.75, 3.05) is 13.7 Å². The van der Waals surface area contributed by atoms with E-state index >= 15 is 0 Å². The summed E-state index contributed by atoms with van der Waals surface area (Å²) >= 11 is 1.45. The van der Waals surface area contributed by atoms with E-state index in [2.05, 4.69) is 15.0 Å². The van der Waals surface area contributed by atoms with Crippen LogP contribution in [0.2, 0.25) is 0 Å². The number of thiophene rings is 1. The summed E-state index contributed by atoms with van der Waals surface area (Å²) in [6, 6.07) is 8.06. The highest BCUT2D eigenvalue weighted by atomic mass is 32.1. The fourth-order valence-electron chi connectivity index (χ4n) is 3.28. The highest BCUT2D eigenvalue weighted by Crippen LogP contribution is 2.30. The summed E-state index contributed by atoms with van der Waals surface area (Å²) in [5.74, 6) is -0.319. The van der Waals surface area contributed by atoms with Crippen LogP contribution >= 0.6 is 11.3 Å². The van der Waals surface area contributed by atoms with Crippen LogP contribution in [0.15, 0.2) is 40.8 Å². The molecular formula is C23H27N3O4S.